The van der Waals surface area contributed by atoms with Gasteiger partial charge in [0.05, 0.1) is 4.90 Å². The topological polar surface area (TPSA) is 63.2 Å². The van der Waals surface area contributed by atoms with Crippen molar-refractivity contribution in [2.45, 2.75) is 37.5 Å². The van der Waals surface area contributed by atoms with Gasteiger partial charge in [0.15, 0.2) is 0 Å². The van der Waals surface area contributed by atoms with Crippen LogP contribution in [-0.2, 0) is 14.8 Å². The summed E-state index contributed by atoms with van der Waals surface area (Å²) in [5.74, 6) is 0.382. The van der Waals surface area contributed by atoms with Crippen molar-refractivity contribution < 1.29 is 13.2 Å². The van der Waals surface area contributed by atoms with Gasteiger partial charge >= 0.3 is 0 Å². The molecule has 4 nitrogen and oxygen atoms in total. The van der Waals surface area contributed by atoms with Gasteiger partial charge < -0.3 is 0 Å². The van der Waals surface area contributed by atoms with Gasteiger partial charge in [-0.1, -0.05) is 17.7 Å². The predicted molar refractivity (Wildman–Crippen MR) is 73.3 cm³/mol. The number of hydrogen-bond acceptors (Lipinski definition) is 3. The van der Waals surface area contributed by atoms with Gasteiger partial charge in [0, 0.05) is 19.4 Å². The van der Waals surface area contributed by atoms with Crippen LogP contribution in [0.1, 0.15) is 31.2 Å². The molecule has 1 N–H and O–H groups in total. The minimum atomic E-state index is -3.46. The Labute approximate surface area is 114 Å². The summed E-state index contributed by atoms with van der Waals surface area (Å²) in [6.45, 7) is 2.26. The second-order valence-electron chi connectivity index (χ2n) is 5.17. The molecule has 1 aliphatic rings. The molecule has 0 amide bonds. The van der Waals surface area contributed by atoms with E-state index in [4.69, 9.17) is 0 Å². The fraction of sp³-hybridized carbons (Fsp3) is 0.500. The Kier molecular flexibility index (Phi) is 4.37. The maximum Gasteiger partial charge on any atom is 0.240 e. The average Bonchev–Trinajstić information content (AvgIpc) is 2.37. The third-order valence-corrected chi connectivity index (χ3v) is 4.92. The van der Waals surface area contributed by atoms with Crippen LogP contribution in [0.3, 0.4) is 0 Å². The summed E-state index contributed by atoms with van der Waals surface area (Å²) in [7, 11) is -3.46. The van der Waals surface area contributed by atoms with Crippen molar-refractivity contribution in [1.29, 1.82) is 0 Å². The van der Waals surface area contributed by atoms with Crippen LogP contribution in [0.4, 0.5) is 0 Å². The van der Waals surface area contributed by atoms with E-state index >= 15 is 0 Å². The SMILES string of the molecule is Cc1ccc(S(=O)(=O)NCC2CCCC(=O)C2)cc1. The molecular weight excluding hydrogens is 262 g/mol. The number of benzene rings is 1. The number of ketones is 1. The van der Waals surface area contributed by atoms with Crippen molar-refractivity contribution in [3.05, 3.63) is 29.8 Å². The van der Waals surface area contributed by atoms with Gasteiger partial charge in [0.25, 0.3) is 0 Å². The molecule has 0 heterocycles. The molecule has 0 saturated heterocycles. The molecule has 1 fully saturated rings. The van der Waals surface area contributed by atoms with E-state index in [9.17, 15) is 13.2 Å². The summed E-state index contributed by atoms with van der Waals surface area (Å²) in [6, 6.07) is 6.75. The molecule has 1 saturated carbocycles. The largest absolute Gasteiger partial charge is 0.300 e. The molecule has 0 bridgehead atoms. The standard InChI is InChI=1S/C14H19NO3S/c1-11-5-7-14(8-6-11)19(17,18)15-10-12-3-2-4-13(16)9-12/h5-8,12,15H,2-4,9-10H2,1H3. The maximum atomic E-state index is 12.1. The molecule has 104 valence electrons. The molecule has 1 aromatic rings. The normalized spacial score (nSPS) is 20.5. The molecule has 1 unspecified atom stereocenters. The number of rotatable bonds is 4. The van der Waals surface area contributed by atoms with Crippen LogP contribution in [-0.4, -0.2) is 20.7 Å². The molecule has 19 heavy (non-hydrogen) atoms. The first kappa shape index (κ1) is 14.2. The van der Waals surface area contributed by atoms with Crippen molar-refractivity contribution >= 4 is 15.8 Å². The lowest BCUT2D eigenvalue weighted by atomic mass is 9.89. The molecule has 0 radical (unpaired) electrons. The van der Waals surface area contributed by atoms with Gasteiger partial charge in [-0.15, -0.1) is 0 Å². The van der Waals surface area contributed by atoms with E-state index in [-0.39, 0.29) is 16.6 Å². The van der Waals surface area contributed by atoms with Crippen LogP contribution in [0, 0.1) is 12.8 Å². The zero-order chi connectivity index (χ0) is 13.9. The second-order valence-corrected chi connectivity index (χ2v) is 6.93. The van der Waals surface area contributed by atoms with Gasteiger partial charge in [-0.3, -0.25) is 4.79 Å². The van der Waals surface area contributed by atoms with E-state index < -0.39 is 10.0 Å². The third kappa shape index (κ3) is 3.88. The minimum absolute atomic E-state index is 0.140. The quantitative estimate of drug-likeness (QED) is 0.918. The Morgan fingerprint density at radius 1 is 1.26 bits per heavy atom. The van der Waals surface area contributed by atoms with E-state index in [1.165, 1.54) is 0 Å². The first-order chi connectivity index (χ1) is 8.97. The van der Waals surface area contributed by atoms with Crippen molar-refractivity contribution in [3.63, 3.8) is 0 Å². The van der Waals surface area contributed by atoms with Gasteiger partial charge in [-0.25, -0.2) is 13.1 Å². The highest BCUT2D eigenvalue weighted by Crippen LogP contribution is 2.21. The van der Waals surface area contributed by atoms with Gasteiger partial charge in [0.1, 0.15) is 5.78 Å². The first-order valence-corrected chi connectivity index (χ1v) is 8.04. The molecule has 5 heteroatoms. The monoisotopic (exact) mass is 281 g/mol. The summed E-state index contributed by atoms with van der Waals surface area (Å²) < 4.78 is 26.7. The maximum absolute atomic E-state index is 12.1. The van der Waals surface area contributed by atoms with Crippen LogP contribution >= 0.6 is 0 Å². The Morgan fingerprint density at radius 3 is 2.58 bits per heavy atom. The Bertz CT molecular complexity index is 549. The van der Waals surface area contributed by atoms with E-state index in [1.54, 1.807) is 24.3 Å². The van der Waals surface area contributed by atoms with Crippen molar-refractivity contribution in [1.82, 2.24) is 4.72 Å². The third-order valence-electron chi connectivity index (χ3n) is 3.48. The minimum Gasteiger partial charge on any atom is -0.300 e. The molecule has 0 aliphatic heterocycles. The number of nitrogens with one attached hydrogen (secondary N) is 1. The van der Waals surface area contributed by atoms with Crippen LogP contribution in [0.25, 0.3) is 0 Å². The number of carbonyl (C=O) groups excluding carboxylic acids is 1. The second kappa shape index (κ2) is 5.84. The highest BCUT2D eigenvalue weighted by Gasteiger charge is 2.22. The van der Waals surface area contributed by atoms with Crippen LogP contribution < -0.4 is 4.72 Å². The van der Waals surface area contributed by atoms with Gasteiger partial charge in [0.2, 0.25) is 10.0 Å². The lowest BCUT2D eigenvalue weighted by Gasteiger charge is -2.20. The number of hydrogen-bond donors (Lipinski definition) is 1. The predicted octanol–water partition coefficient (Wildman–Crippen LogP) is 2.03. The summed E-state index contributed by atoms with van der Waals surface area (Å²) in [4.78, 5) is 11.6. The van der Waals surface area contributed by atoms with Crippen molar-refractivity contribution in [2.75, 3.05) is 6.54 Å². The summed E-state index contributed by atoms with van der Waals surface area (Å²) in [5, 5.41) is 0. The molecule has 0 aromatic heterocycles. The van der Waals surface area contributed by atoms with Crippen molar-refractivity contribution in [3.8, 4) is 0 Å². The number of aryl methyl sites for hydroxylation is 1. The first-order valence-electron chi connectivity index (χ1n) is 6.55. The summed E-state index contributed by atoms with van der Waals surface area (Å²) in [5.41, 5.74) is 1.02. The zero-order valence-electron chi connectivity index (χ0n) is 11.1. The Hall–Kier alpha value is -1.20. The van der Waals surface area contributed by atoms with Gasteiger partial charge in [-0.2, -0.15) is 0 Å². The van der Waals surface area contributed by atoms with Gasteiger partial charge in [-0.05, 0) is 37.8 Å². The van der Waals surface area contributed by atoms with Crippen LogP contribution in [0.2, 0.25) is 0 Å². The van der Waals surface area contributed by atoms with E-state index in [0.29, 0.717) is 19.4 Å². The fourth-order valence-electron chi connectivity index (χ4n) is 2.32. The molecule has 1 atom stereocenters. The average molecular weight is 281 g/mol. The fourth-order valence-corrected chi connectivity index (χ4v) is 3.43. The van der Waals surface area contributed by atoms with Crippen LogP contribution in [0.5, 0.6) is 0 Å². The van der Waals surface area contributed by atoms with E-state index in [1.807, 2.05) is 6.92 Å². The zero-order valence-corrected chi connectivity index (χ0v) is 11.9. The smallest absolute Gasteiger partial charge is 0.240 e. The highest BCUT2D eigenvalue weighted by molar-refractivity contribution is 7.89. The highest BCUT2D eigenvalue weighted by atomic mass is 32.2. The number of sulfonamides is 1. The molecule has 1 aliphatic carbocycles. The lowest BCUT2D eigenvalue weighted by molar-refractivity contribution is -0.121. The molecular formula is C14H19NO3S. The van der Waals surface area contributed by atoms with Crippen molar-refractivity contribution in [2.24, 2.45) is 5.92 Å². The summed E-state index contributed by atoms with van der Waals surface area (Å²) in [6.07, 6.45) is 2.93. The summed E-state index contributed by atoms with van der Waals surface area (Å²) >= 11 is 0. The van der Waals surface area contributed by atoms with Crippen LogP contribution in [0.15, 0.2) is 29.2 Å². The Morgan fingerprint density at radius 2 is 1.95 bits per heavy atom. The molecule has 0 spiro atoms. The molecule has 2 rings (SSSR count). The van der Waals surface area contributed by atoms with E-state index in [2.05, 4.69) is 4.72 Å². The molecule has 1 aromatic carbocycles. The van der Waals surface area contributed by atoms with E-state index in [0.717, 1.165) is 18.4 Å². The number of Topliss-reactive ketones (excluding diaryl/α,β-unsaturated/α-hetero) is 1. The number of carbonyl (C=O) groups is 1. The Balaban J connectivity index is 1.97. The lowest BCUT2D eigenvalue weighted by Crippen LogP contribution is -2.31.